The Balaban J connectivity index is 2.46. The maximum absolute atomic E-state index is 11.8. The molecular weight excluding hydrogens is 218 g/mol. The topological polar surface area (TPSA) is 84.2 Å². The highest BCUT2D eigenvalue weighted by Gasteiger charge is 2.41. The van der Waals surface area contributed by atoms with Gasteiger partial charge >= 0.3 is 0 Å². The first kappa shape index (κ1) is 14.0. The molecule has 5 heteroatoms. The summed E-state index contributed by atoms with van der Waals surface area (Å²) in [6, 6.07) is -0.553. The molecule has 98 valence electrons. The molecule has 0 aromatic rings. The van der Waals surface area contributed by atoms with E-state index in [1.807, 2.05) is 20.8 Å². The van der Waals surface area contributed by atoms with Crippen molar-refractivity contribution in [1.82, 2.24) is 10.6 Å². The van der Waals surface area contributed by atoms with Gasteiger partial charge in [-0.15, -0.1) is 0 Å². The van der Waals surface area contributed by atoms with Crippen LogP contribution in [0.25, 0.3) is 0 Å². The smallest absolute Gasteiger partial charge is 0.242 e. The van der Waals surface area contributed by atoms with Crippen molar-refractivity contribution in [2.24, 2.45) is 5.73 Å². The number of nitrogens with one attached hydrogen (secondary N) is 2. The summed E-state index contributed by atoms with van der Waals surface area (Å²) in [6.07, 6.45) is 2.38. The molecule has 0 heterocycles. The van der Waals surface area contributed by atoms with E-state index < -0.39 is 11.6 Å². The molecule has 5 nitrogen and oxygen atoms in total. The summed E-state index contributed by atoms with van der Waals surface area (Å²) >= 11 is 0. The van der Waals surface area contributed by atoms with Crippen molar-refractivity contribution in [2.75, 3.05) is 0 Å². The summed E-state index contributed by atoms with van der Waals surface area (Å²) in [5, 5.41) is 5.49. The van der Waals surface area contributed by atoms with Crippen molar-refractivity contribution < 1.29 is 9.59 Å². The Morgan fingerprint density at radius 2 is 1.82 bits per heavy atom. The van der Waals surface area contributed by atoms with Crippen molar-refractivity contribution in [1.29, 1.82) is 0 Å². The molecule has 17 heavy (non-hydrogen) atoms. The lowest BCUT2D eigenvalue weighted by Crippen LogP contribution is -2.62. The van der Waals surface area contributed by atoms with Gasteiger partial charge in [-0.2, -0.15) is 0 Å². The van der Waals surface area contributed by atoms with Crippen LogP contribution in [-0.4, -0.2) is 28.9 Å². The molecule has 0 spiro atoms. The van der Waals surface area contributed by atoms with Gasteiger partial charge in [-0.1, -0.05) is 0 Å². The van der Waals surface area contributed by atoms with Crippen LogP contribution < -0.4 is 16.4 Å². The van der Waals surface area contributed by atoms with Crippen molar-refractivity contribution >= 4 is 11.8 Å². The molecule has 1 aliphatic rings. The van der Waals surface area contributed by atoms with Crippen LogP contribution in [0.3, 0.4) is 0 Å². The molecule has 1 unspecified atom stereocenters. The molecule has 0 aliphatic heterocycles. The molecule has 1 aliphatic carbocycles. The lowest BCUT2D eigenvalue weighted by molar-refractivity contribution is -0.134. The normalized spacial score (nSPS) is 20.1. The predicted octanol–water partition coefficient (Wildman–Crippen LogP) is 0.287. The molecule has 0 aromatic heterocycles. The van der Waals surface area contributed by atoms with Crippen LogP contribution in [0.1, 0.15) is 47.0 Å². The van der Waals surface area contributed by atoms with E-state index in [0.717, 1.165) is 6.42 Å². The molecular formula is C12H23N3O2. The molecule has 1 rings (SSSR count). The highest BCUT2D eigenvalue weighted by molar-refractivity contribution is 5.92. The summed E-state index contributed by atoms with van der Waals surface area (Å²) in [7, 11) is 0. The first-order chi connectivity index (χ1) is 7.64. The minimum Gasteiger partial charge on any atom is -0.350 e. The monoisotopic (exact) mass is 241 g/mol. The van der Waals surface area contributed by atoms with Gasteiger partial charge in [0, 0.05) is 5.54 Å². The van der Waals surface area contributed by atoms with E-state index in [2.05, 4.69) is 10.6 Å². The Kier molecular flexibility index (Phi) is 3.81. The molecule has 0 radical (unpaired) electrons. The molecule has 0 bridgehead atoms. The first-order valence-electron chi connectivity index (χ1n) is 6.06. The SMILES string of the molecule is CC(NC(=O)C1(N)CCC1)C(=O)NC(C)(C)C. The molecule has 0 aromatic carbocycles. The van der Waals surface area contributed by atoms with E-state index in [1.54, 1.807) is 6.92 Å². The number of rotatable bonds is 3. The zero-order valence-electron chi connectivity index (χ0n) is 11.1. The standard InChI is InChI=1S/C12H23N3O2/c1-8(9(16)15-11(2,3)4)14-10(17)12(13)6-5-7-12/h8H,5-7,13H2,1-4H3,(H,14,17)(H,15,16). The number of nitrogens with two attached hydrogens (primary N) is 1. The Labute approximate surface area is 103 Å². The maximum Gasteiger partial charge on any atom is 0.242 e. The first-order valence-corrected chi connectivity index (χ1v) is 6.06. The third-order valence-electron chi connectivity index (χ3n) is 2.94. The Bertz CT molecular complexity index is 316. The zero-order chi connectivity index (χ0) is 13.3. The van der Waals surface area contributed by atoms with E-state index in [4.69, 9.17) is 5.73 Å². The maximum atomic E-state index is 11.8. The molecule has 4 N–H and O–H groups in total. The fourth-order valence-corrected chi connectivity index (χ4v) is 1.67. The van der Waals surface area contributed by atoms with Crippen LogP contribution in [0.2, 0.25) is 0 Å². The van der Waals surface area contributed by atoms with E-state index >= 15 is 0 Å². The summed E-state index contributed by atoms with van der Waals surface area (Å²) in [4.78, 5) is 23.6. The minimum absolute atomic E-state index is 0.186. The van der Waals surface area contributed by atoms with Gasteiger partial charge in [-0.05, 0) is 47.0 Å². The third kappa shape index (κ3) is 3.70. The zero-order valence-corrected chi connectivity index (χ0v) is 11.1. The molecule has 1 saturated carbocycles. The van der Waals surface area contributed by atoms with Crippen LogP contribution in [0.4, 0.5) is 0 Å². The van der Waals surface area contributed by atoms with Gasteiger partial charge in [0.25, 0.3) is 0 Å². The van der Waals surface area contributed by atoms with Gasteiger partial charge in [0.15, 0.2) is 0 Å². The van der Waals surface area contributed by atoms with Gasteiger partial charge in [0.05, 0.1) is 5.54 Å². The average Bonchev–Trinajstić information content (AvgIpc) is 2.11. The molecule has 1 fully saturated rings. The molecule has 0 saturated heterocycles. The van der Waals surface area contributed by atoms with Crippen LogP contribution in [-0.2, 0) is 9.59 Å². The van der Waals surface area contributed by atoms with E-state index in [-0.39, 0.29) is 17.4 Å². The minimum atomic E-state index is -0.754. The molecule has 1 atom stereocenters. The van der Waals surface area contributed by atoms with Crippen molar-refractivity contribution in [3.63, 3.8) is 0 Å². The highest BCUT2D eigenvalue weighted by atomic mass is 16.2. The number of carbonyl (C=O) groups excluding carboxylic acids is 2. The number of hydrogen-bond acceptors (Lipinski definition) is 3. The Morgan fingerprint density at radius 1 is 1.29 bits per heavy atom. The second kappa shape index (κ2) is 4.64. The Hall–Kier alpha value is -1.10. The average molecular weight is 241 g/mol. The second-order valence-electron chi connectivity index (χ2n) is 5.94. The lowest BCUT2D eigenvalue weighted by atomic mass is 9.77. The summed E-state index contributed by atoms with van der Waals surface area (Å²) in [5.41, 5.74) is 4.83. The van der Waals surface area contributed by atoms with Gasteiger partial charge in [0.2, 0.25) is 11.8 Å². The fraction of sp³-hybridized carbons (Fsp3) is 0.833. The quantitative estimate of drug-likeness (QED) is 0.664. The van der Waals surface area contributed by atoms with Gasteiger partial charge in [0.1, 0.15) is 6.04 Å². The second-order valence-corrected chi connectivity index (χ2v) is 5.94. The third-order valence-corrected chi connectivity index (χ3v) is 2.94. The fourth-order valence-electron chi connectivity index (χ4n) is 1.67. The van der Waals surface area contributed by atoms with E-state index in [9.17, 15) is 9.59 Å². The summed E-state index contributed by atoms with van der Waals surface area (Å²) in [6.45, 7) is 7.36. The van der Waals surface area contributed by atoms with E-state index in [1.165, 1.54) is 0 Å². The van der Waals surface area contributed by atoms with Crippen LogP contribution in [0.15, 0.2) is 0 Å². The van der Waals surface area contributed by atoms with Crippen LogP contribution in [0.5, 0.6) is 0 Å². The molecule has 2 amide bonds. The number of amides is 2. The van der Waals surface area contributed by atoms with Crippen molar-refractivity contribution in [2.45, 2.75) is 64.1 Å². The number of carbonyl (C=O) groups is 2. The largest absolute Gasteiger partial charge is 0.350 e. The summed E-state index contributed by atoms with van der Waals surface area (Å²) < 4.78 is 0. The predicted molar refractivity (Wildman–Crippen MR) is 66.3 cm³/mol. The van der Waals surface area contributed by atoms with Crippen LogP contribution in [0, 0.1) is 0 Å². The Morgan fingerprint density at radius 3 is 2.18 bits per heavy atom. The summed E-state index contributed by atoms with van der Waals surface area (Å²) in [5.74, 6) is -0.408. The van der Waals surface area contributed by atoms with Crippen molar-refractivity contribution in [3.8, 4) is 0 Å². The van der Waals surface area contributed by atoms with Gasteiger partial charge < -0.3 is 16.4 Å². The number of hydrogen-bond donors (Lipinski definition) is 3. The van der Waals surface area contributed by atoms with Gasteiger partial charge in [-0.25, -0.2) is 0 Å². The van der Waals surface area contributed by atoms with Gasteiger partial charge in [-0.3, -0.25) is 9.59 Å². The lowest BCUT2D eigenvalue weighted by Gasteiger charge is -2.37. The highest BCUT2D eigenvalue weighted by Crippen LogP contribution is 2.29. The van der Waals surface area contributed by atoms with E-state index in [0.29, 0.717) is 12.8 Å². The van der Waals surface area contributed by atoms with Crippen molar-refractivity contribution in [3.05, 3.63) is 0 Å². The van der Waals surface area contributed by atoms with Crippen LogP contribution >= 0.6 is 0 Å².